The van der Waals surface area contributed by atoms with Gasteiger partial charge >= 0.3 is 0 Å². The van der Waals surface area contributed by atoms with Crippen LogP contribution in [0.3, 0.4) is 0 Å². The van der Waals surface area contributed by atoms with E-state index in [1.807, 2.05) is 87.8 Å². The Bertz CT molecular complexity index is 1650. The maximum absolute atomic E-state index is 13.8. The number of amides is 1. The fraction of sp³-hybridized carbons (Fsp3) is 0.231. The number of thiazole rings is 1. The van der Waals surface area contributed by atoms with Crippen molar-refractivity contribution in [2.75, 3.05) is 5.32 Å². The first-order chi connectivity index (χ1) is 16.8. The Labute approximate surface area is 204 Å². The second-order valence-electron chi connectivity index (χ2n) is 9.00. The number of nitrogens with one attached hydrogen (secondary N) is 1. The van der Waals surface area contributed by atoms with Crippen molar-refractivity contribution in [3.63, 3.8) is 0 Å². The minimum absolute atomic E-state index is 0.182. The van der Waals surface area contributed by atoms with Crippen LogP contribution in [-0.4, -0.2) is 26.0 Å². The van der Waals surface area contributed by atoms with E-state index in [2.05, 4.69) is 10.4 Å². The van der Waals surface area contributed by atoms with Crippen LogP contribution in [0.25, 0.3) is 6.08 Å². The third-order valence-electron chi connectivity index (χ3n) is 6.54. The molecule has 8 nitrogen and oxygen atoms in total. The number of fused-ring (bicyclic) bond motifs is 6. The van der Waals surface area contributed by atoms with Crippen molar-refractivity contribution in [2.45, 2.75) is 25.6 Å². The minimum Gasteiger partial charge on any atom is -0.465 e. The van der Waals surface area contributed by atoms with Gasteiger partial charge in [-0.2, -0.15) is 5.10 Å². The van der Waals surface area contributed by atoms with Gasteiger partial charge < -0.3 is 10.1 Å². The molecule has 0 aliphatic carbocycles. The fourth-order valence-electron chi connectivity index (χ4n) is 4.99. The first-order valence-corrected chi connectivity index (χ1v) is 12.1. The van der Waals surface area contributed by atoms with Crippen LogP contribution in [0.5, 0.6) is 5.75 Å². The zero-order chi connectivity index (χ0) is 24.3. The van der Waals surface area contributed by atoms with Crippen molar-refractivity contribution in [1.29, 1.82) is 0 Å². The van der Waals surface area contributed by atoms with Gasteiger partial charge in [-0.3, -0.25) is 18.8 Å². The molecule has 4 heterocycles. The van der Waals surface area contributed by atoms with E-state index < -0.39 is 17.7 Å². The lowest BCUT2D eigenvalue weighted by Gasteiger charge is -2.45. The summed E-state index contributed by atoms with van der Waals surface area (Å²) in [5.74, 6) is -0.366. The topological polar surface area (TPSA) is 90.5 Å². The number of hydrogen-bond donors (Lipinski definition) is 1. The summed E-state index contributed by atoms with van der Waals surface area (Å²) in [6.07, 6.45) is 3.72. The third-order valence-corrected chi connectivity index (χ3v) is 7.52. The van der Waals surface area contributed by atoms with Crippen LogP contribution >= 0.6 is 11.3 Å². The van der Waals surface area contributed by atoms with Gasteiger partial charge in [0.2, 0.25) is 11.6 Å². The standard InChI is InChI=1S/C26H23N5O3S/c1-15-16(14-30(3)29-15)13-20-24(33)31-22-18-11-7-8-12-19(18)34-26(2,28-25(31)35-20)21(22)23(32)27-17-9-5-4-6-10-17/h4-14,21-22H,1-3H3,(H,27,32). The predicted octanol–water partition coefficient (Wildman–Crippen LogP) is 2.37. The molecule has 3 atom stereocenters. The molecule has 176 valence electrons. The molecule has 0 radical (unpaired) electrons. The number of hydrogen-bond acceptors (Lipinski definition) is 6. The number of benzene rings is 2. The maximum atomic E-state index is 13.8. The zero-order valence-electron chi connectivity index (χ0n) is 19.4. The average Bonchev–Trinajstić information content (AvgIpc) is 3.30. The Morgan fingerprint density at radius 3 is 2.66 bits per heavy atom. The van der Waals surface area contributed by atoms with Gasteiger partial charge in [0, 0.05) is 30.1 Å². The van der Waals surface area contributed by atoms with Gasteiger partial charge in [-0.15, -0.1) is 0 Å². The lowest BCUT2D eigenvalue weighted by molar-refractivity contribution is -0.131. The monoisotopic (exact) mass is 485 g/mol. The van der Waals surface area contributed by atoms with Crippen molar-refractivity contribution < 1.29 is 9.53 Å². The summed E-state index contributed by atoms with van der Waals surface area (Å²) in [7, 11) is 1.85. The number of aromatic nitrogens is 3. The molecule has 0 fully saturated rings. The zero-order valence-corrected chi connectivity index (χ0v) is 20.2. The van der Waals surface area contributed by atoms with Gasteiger partial charge in [0.25, 0.3) is 5.56 Å². The molecule has 0 spiro atoms. The van der Waals surface area contributed by atoms with Gasteiger partial charge in [-0.05, 0) is 38.1 Å². The molecule has 2 bridgehead atoms. The maximum Gasteiger partial charge on any atom is 0.270 e. The molecule has 2 aromatic carbocycles. The summed E-state index contributed by atoms with van der Waals surface area (Å²) < 4.78 is 10.3. The van der Waals surface area contributed by atoms with Crippen LogP contribution in [-0.2, 0) is 11.8 Å². The molecule has 4 aromatic rings. The number of para-hydroxylation sites is 2. The molecule has 1 amide bonds. The highest BCUT2D eigenvalue weighted by Crippen LogP contribution is 2.47. The second kappa shape index (κ2) is 7.78. The van der Waals surface area contributed by atoms with Crippen LogP contribution < -0.4 is 24.9 Å². The van der Waals surface area contributed by atoms with Crippen molar-refractivity contribution >= 4 is 29.0 Å². The van der Waals surface area contributed by atoms with E-state index >= 15 is 0 Å². The van der Waals surface area contributed by atoms with Gasteiger partial charge in [-0.1, -0.05) is 47.7 Å². The van der Waals surface area contributed by atoms with Crippen LogP contribution in [0, 0.1) is 12.8 Å². The van der Waals surface area contributed by atoms with Crippen LogP contribution in [0.15, 0.2) is 70.6 Å². The number of carbonyl (C=O) groups is 1. The molecule has 6 rings (SSSR count). The molecule has 0 saturated carbocycles. The number of ether oxygens (including phenoxy) is 1. The molecule has 9 heteroatoms. The summed E-state index contributed by atoms with van der Waals surface area (Å²) >= 11 is 1.30. The van der Waals surface area contributed by atoms with E-state index in [1.54, 1.807) is 9.25 Å². The molecule has 2 aliphatic rings. The first-order valence-electron chi connectivity index (χ1n) is 11.3. The Morgan fingerprint density at radius 1 is 1.17 bits per heavy atom. The highest BCUT2D eigenvalue weighted by molar-refractivity contribution is 7.07. The average molecular weight is 486 g/mol. The van der Waals surface area contributed by atoms with Gasteiger partial charge in [0.15, 0.2) is 4.80 Å². The van der Waals surface area contributed by atoms with Crippen LogP contribution in [0.4, 0.5) is 5.69 Å². The van der Waals surface area contributed by atoms with Crippen molar-refractivity contribution in [2.24, 2.45) is 18.0 Å². The van der Waals surface area contributed by atoms with E-state index in [4.69, 9.17) is 9.73 Å². The molecule has 3 unspecified atom stereocenters. The summed E-state index contributed by atoms with van der Waals surface area (Å²) in [6.45, 7) is 3.72. The predicted molar refractivity (Wildman–Crippen MR) is 133 cm³/mol. The van der Waals surface area contributed by atoms with Crippen molar-refractivity contribution in [3.8, 4) is 5.75 Å². The summed E-state index contributed by atoms with van der Waals surface area (Å²) in [5, 5.41) is 7.37. The van der Waals surface area contributed by atoms with Crippen LogP contribution in [0.1, 0.15) is 29.8 Å². The number of anilines is 1. The number of rotatable bonds is 3. The highest BCUT2D eigenvalue weighted by atomic mass is 32.1. The lowest BCUT2D eigenvalue weighted by atomic mass is 9.80. The number of carbonyl (C=O) groups excluding carboxylic acids is 1. The van der Waals surface area contributed by atoms with Gasteiger partial charge in [0.05, 0.1) is 16.3 Å². The summed E-state index contributed by atoms with van der Waals surface area (Å²) in [5.41, 5.74) is 1.82. The number of aryl methyl sites for hydroxylation is 2. The Hall–Kier alpha value is -3.98. The van der Waals surface area contributed by atoms with Crippen molar-refractivity contribution in [3.05, 3.63) is 97.3 Å². The lowest BCUT2D eigenvalue weighted by Crippen LogP contribution is -2.59. The van der Waals surface area contributed by atoms with E-state index in [1.165, 1.54) is 11.3 Å². The fourth-order valence-corrected chi connectivity index (χ4v) is 6.08. The molecule has 1 N–H and O–H groups in total. The quantitative estimate of drug-likeness (QED) is 0.482. The first kappa shape index (κ1) is 21.5. The van der Waals surface area contributed by atoms with Crippen molar-refractivity contribution in [1.82, 2.24) is 14.3 Å². The highest BCUT2D eigenvalue weighted by Gasteiger charge is 2.55. The molecule has 0 saturated heterocycles. The molecule has 35 heavy (non-hydrogen) atoms. The number of nitrogens with zero attached hydrogens (tertiary/aromatic N) is 4. The van der Waals surface area contributed by atoms with E-state index in [9.17, 15) is 9.59 Å². The van der Waals surface area contributed by atoms with E-state index in [-0.39, 0.29) is 11.5 Å². The Kier molecular flexibility index (Phi) is 4.79. The molecular formula is C26H23N5O3S. The third kappa shape index (κ3) is 3.42. The summed E-state index contributed by atoms with van der Waals surface area (Å²) in [6, 6.07) is 16.3. The Morgan fingerprint density at radius 2 is 1.91 bits per heavy atom. The second-order valence-corrected chi connectivity index (χ2v) is 10.0. The molecular weight excluding hydrogens is 462 g/mol. The van der Waals surface area contributed by atoms with Crippen LogP contribution in [0.2, 0.25) is 0 Å². The van der Waals surface area contributed by atoms with Gasteiger partial charge in [0.1, 0.15) is 11.7 Å². The van der Waals surface area contributed by atoms with E-state index in [0.717, 1.165) is 16.8 Å². The smallest absolute Gasteiger partial charge is 0.270 e. The van der Waals surface area contributed by atoms with E-state index in [0.29, 0.717) is 20.8 Å². The Balaban J connectivity index is 1.55. The largest absolute Gasteiger partial charge is 0.465 e. The minimum atomic E-state index is -1.17. The summed E-state index contributed by atoms with van der Waals surface area (Å²) in [4.78, 5) is 32.8. The normalized spacial score (nSPS) is 22.5. The SMILES string of the molecule is Cc1nn(C)cc1C=c1sc2n(c1=O)C1c3ccccc3OC(C)(N=2)C1C(=O)Nc1ccccc1. The molecule has 2 aliphatic heterocycles. The van der Waals surface area contributed by atoms with Gasteiger partial charge in [-0.25, -0.2) is 4.99 Å². The molecule has 2 aromatic heterocycles.